The Morgan fingerprint density at radius 1 is 1.00 bits per heavy atom. The first-order valence-corrected chi connectivity index (χ1v) is 8.73. The van der Waals surface area contributed by atoms with E-state index in [0.29, 0.717) is 6.54 Å². The average molecular weight is 354 g/mol. The number of nitrogens with two attached hydrogens (primary N) is 1. The maximum atomic E-state index is 5.94. The number of benzene rings is 2. The number of hydrogen-bond donors (Lipinski definition) is 1. The van der Waals surface area contributed by atoms with Crippen LogP contribution in [0.4, 0.5) is 0 Å². The van der Waals surface area contributed by atoms with Crippen molar-refractivity contribution in [3.8, 4) is 0 Å². The molecule has 2 aromatic rings. The Morgan fingerprint density at radius 2 is 1.68 bits per heavy atom. The van der Waals surface area contributed by atoms with Gasteiger partial charge in [-0.05, 0) is 51.5 Å². The van der Waals surface area contributed by atoms with Crippen molar-refractivity contribution in [2.75, 3.05) is 5.75 Å². The van der Waals surface area contributed by atoms with Crippen molar-refractivity contribution in [2.45, 2.75) is 28.2 Å². The van der Waals surface area contributed by atoms with E-state index in [1.54, 1.807) is 11.8 Å². The molecular weight excluding hydrogens is 338 g/mol. The summed E-state index contributed by atoms with van der Waals surface area (Å²) in [4.78, 5) is 3.76. The van der Waals surface area contributed by atoms with Crippen molar-refractivity contribution in [2.24, 2.45) is 5.73 Å². The average Bonchev–Trinajstić information content (AvgIpc) is 2.42. The Bertz CT molecular complexity index is 558. The Morgan fingerprint density at radius 3 is 2.37 bits per heavy atom. The molecule has 0 heterocycles. The van der Waals surface area contributed by atoms with E-state index in [-0.39, 0.29) is 0 Å². The molecule has 0 aliphatic rings. The zero-order valence-electron chi connectivity index (χ0n) is 10.7. The van der Waals surface area contributed by atoms with Gasteiger partial charge in [0.25, 0.3) is 0 Å². The second-order valence-corrected chi connectivity index (χ2v) is 7.15. The lowest BCUT2D eigenvalue weighted by atomic mass is 10.2. The summed E-state index contributed by atoms with van der Waals surface area (Å²) in [5.41, 5.74) is 7.18. The molecule has 2 N–H and O–H groups in total. The minimum Gasteiger partial charge on any atom is -0.326 e. The maximum Gasteiger partial charge on any atom is 0.0314 e. The maximum absolute atomic E-state index is 5.94. The predicted molar refractivity (Wildman–Crippen MR) is 89.0 cm³/mol. The van der Waals surface area contributed by atoms with Crippen LogP contribution in [-0.2, 0) is 6.54 Å². The highest BCUT2D eigenvalue weighted by Gasteiger charge is 2.09. The molecule has 1 nitrogen and oxygen atoms in total. The van der Waals surface area contributed by atoms with Crippen LogP contribution in [0.5, 0.6) is 0 Å². The summed E-state index contributed by atoms with van der Waals surface area (Å²) in [5.74, 6) is 1.07. The lowest BCUT2D eigenvalue weighted by Gasteiger charge is -2.12. The third kappa shape index (κ3) is 3.78. The molecule has 2 aromatic carbocycles. The summed E-state index contributed by atoms with van der Waals surface area (Å²) in [5, 5.41) is 0. The molecule has 19 heavy (non-hydrogen) atoms. The molecule has 0 atom stereocenters. The van der Waals surface area contributed by atoms with Crippen LogP contribution < -0.4 is 5.73 Å². The van der Waals surface area contributed by atoms with Crippen molar-refractivity contribution in [1.82, 2.24) is 0 Å². The Balaban J connectivity index is 2.35. The molecule has 4 heteroatoms. The van der Waals surface area contributed by atoms with Crippen molar-refractivity contribution < 1.29 is 0 Å². The summed E-state index contributed by atoms with van der Waals surface area (Å²) >= 11 is 7.21. The standard InChI is InChI=1S/C15H16BrNS2/c1-2-18-13-8-5-9-14(11(13)10-17)19-15-7-4-3-6-12(15)16/h3-9H,2,10,17H2,1H3. The fourth-order valence-corrected chi connectivity index (χ4v) is 4.24. The van der Waals surface area contributed by atoms with Gasteiger partial charge in [-0.3, -0.25) is 0 Å². The van der Waals surface area contributed by atoms with E-state index in [0.717, 1.165) is 10.2 Å². The van der Waals surface area contributed by atoms with Crippen molar-refractivity contribution in [1.29, 1.82) is 0 Å². The van der Waals surface area contributed by atoms with Crippen LogP contribution in [-0.4, -0.2) is 5.75 Å². The zero-order valence-corrected chi connectivity index (χ0v) is 13.9. The zero-order chi connectivity index (χ0) is 13.7. The van der Waals surface area contributed by atoms with E-state index < -0.39 is 0 Å². The largest absolute Gasteiger partial charge is 0.326 e. The SMILES string of the molecule is CCSc1cccc(Sc2ccccc2Br)c1CN. The first-order chi connectivity index (χ1) is 9.26. The van der Waals surface area contributed by atoms with E-state index in [4.69, 9.17) is 5.73 Å². The summed E-state index contributed by atoms with van der Waals surface area (Å²) in [6, 6.07) is 14.7. The molecule has 0 saturated heterocycles. The smallest absolute Gasteiger partial charge is 0.0314 e. The minimum absolute atomic E-state index is 0.579. The van der Waals surface area contributed by atoms with E-state index in [9.17, 15) is 0 Å². The highest BCUT2D eigenvalue weighted by atomic mass is 79.9. The molecule has 2 rings (SSSR count). The Labute approximate surface area is 131 Å². The molecule has 0 bridgehead atoms. The second-order valence-electron chi connectivity index (χ2n) is 3.90. The van der Waals surface area contributed by atoms with E-state index >= 15 is 0 Å². The normalized spacial score (nSPS) is 10.7. The van der Waals surface area contributed by atoms with E-state index in [1.165, 1.54) is 20.2 Å². The van der Waals surface area contributed by atoms with Crippen molar-refractivity contribution in [3.63, 3.8) is 0 Å². The number of halogens is 1. The molecule has 0 aliphatic carbocycles. The van der Waals surface area contributed by atoms with Crippen LogP contribution in [0.15, 0.2) is 61.6 Å². The predicted octanol–water partition coefficient (Wildman–Crippen LogP) is 5.17. The van der Waals surface area contributed by atoms with Crippen molar-refractivity contribution in [3.05, 3.63) is 52.5 Å². The minimum atomic E-state index is 0.579. The van der Waals surface area contributed by atoms with Crippen LogP contribution >= 0.6 is 39.5 Å². The number of hydrogen-bond acceptors (Lipinski definition) is 3. The molecule has 0 spiro atoms. The molecule has 0 unspecified atom stereocenters. The summed E-state index contributed by atoms with van der Waals surface area (Å²) in [6.45, 7) is 2.74. The van der Waals surface area contributed by atoms with Crippen LogP contribution in [0, 0.1) is 0 Å². The van der Waals surface area contributed by atoms with Gasteiger partial charge in [-0.1, -0.05) is 36.9 Å². The first-order valence-electron chi connectivity index (χ1n) is 6.13. The van der Waals surface area contributed by atoms with Gasteiger partial charge < -0.3 is 5.73 Å². The Kier molecular flexibility index (Phi) is 5.82. The molecule has 0 radical (unpaired) electrons. The molecular formula is C15H16BrNS2. The fourth-order valence-electron chi connectivity index (χ4n) is 1.78. The third-order valence-electron chi connectivity index (χ3n) is 2.65. The molecule has 100 valence electrons. The molecule has 0 amide bonds. The molecule has 0 aliphatic heterocycles. The van der Waals surface area contributed by atoms with Crippen LogP contribution in [0.3, 0.4) is 0 Å². The van der Waals surface area contributed by atoms with Gasteiger partial charge in [-0.15, -0.1) is 11.8 Å². The first kappa shape index (κ1) is 15.0. The highest BCUT2D eigenvalue weighted by Crippen LogP contribution is 2.38. The molecule has 0 saturated carbocycles. The summed E-state index contributed by atoms with van der Waals surface area (Å²) < 4.78 is 1.12. The van der Waals surface area contributed by atoms with E-state index in [2.05, 4.69) is 59.3 Å². The summed E-state index contributed by atoms with van der Waals surface area (Å²) in [7, 11) is 0. The fraction of sp³-hybridized carbons (Fsp3) is 0.200. The van der Waals surface area contributed by atoms with Crippen LogP contribution in [0.25, 0.3) is 0 Å². The van der Waals surface area contributed by atoms with Gasteiger partial charge in [-0.25, -0.2) is 0 Å². The molecule has 0 fully saturated rings. The number of thioether (sulfide) groups is 1. The second kappa shape index (κ2) is 7.39. The highest BCUT2D eigenvalue weighted by molar-refractivity contribution is 9.10. The van der Waals surface area contributed by atoms with Gasteiger partial charge in [0.05, 0.1) is 0 Å². The quantitative estimate of drug-likeness (QED) is 0.750. The van der Waals surface area contributed by atoms with Crippen molar-refractivity contribution >= 4 is 39.5 Å². The molecule has 0 aromatic heterocycles. The van der Waals surface area contributed by atoms with Gasteiger partial charge in [0.2, 0.25) is 0 Å². The third-order valence-corrected chi connectivity index (χ3v) is 5.77. The van der Waals surface area contributed by atoms with Gasteiger partial charge in [0.1, 0.15) is 0 Å². The lowest BCUT2D eigenvalue weighted by molar-refractivity contribution is 0.980. The summed E-state index contributed by atoms with van der Waals surface area (Å²) in [6.07, 6.45) is 0. The lowest BCUT2D eigenvalue weighted by Crippen LogP contribution is -2.00. The van der Waals surface area contributed by atoms with E-state index in [1.807, 2.05) is 17.8 Å². The van der Waals surface area contributed by atoms with Crippen LogP contribution in [0.1, 0.15) is 12.5 Å². The monoisotopic (exact) mass is 353 g/mol. The van der Waals surface area contributed by atoms with Crippen LogP contribution in [0.2, 0.25) is 0 Å². The topological polar surface area (TPSA) is 26.0 Å². The van der Waals surface area contributed by atoms with Gasteiger partial charge in [0.15, 0.2) is 0 Å². The van der Waals surface area contributed by atoms with Gasteiger partial charge in [-0.2, -0.15) is 0 Å². The Hall–Kier alpha value is -0.420. The van der Waals surface area contributed by atoms with Gasteiger partial charge >= 0.3 is 0 Å². The number of rotatable bonds is 5. The van der Waals surface area contributed by atoms with Gasteiger partial charge in [0, 0.05) is 25.7 Å².